The Morgan fingerprint density at radius 3 is 1.80 bits per heavy atom. The van der Waals surface area contributed by atoms with E-state index in [1.807, 2.05) is 6.07 Å². The molecule has 0 saturated carbocycles. The summed E-state index contributed by atoms with van der Waals surface area (Å²) < 4.78 is 11.5. The third-order valence-electron chi connectivity index (χ3n) is 12.0. The summed E-state index contributed by atoms with van der Waals surface area (Å²) in [5.74, 6) is 0. The third kappa shape index (κ3) is 3.89. The zero-order valence-electron chi connectivity index (χ0n) is 29.6. The maximum Gasteiger partial charge on any atom is 0.137 e. The van der Waals surface area contributed by atoms with E-state index in [2.05, 4.69) is 185 Å². The van der Waals surface area contributed by atoms with Crippen LogP contribution in [-0.2, 0) is 0 Å². The fraction of sp³-hybridized carbons (Fsp3) is 0. The van der Waals surface area contributed by atoms with E-state index in [1.165, 1.54) is 82.2 Å². The van der Waals surface area contributed by atoms with Crippen molar-refractivity contribution >= 4 is 76.3 Å². The minimum absolute atomic E-state index is 0.891. The van der Waals surface area contributed by atoms with Crippen LogP contribution in [0.25, 0.3) is 121 Å². The van der Waals surface area contributed by atoms with Crippen molar-refractivity contribution in [1.29, 1.82) is 0 Å². The molecular formula is C52H30N2O. The number of hydrogen-bond acceptors (Lipinski definition) is 1. The molecule has 3 aromatic heterocycles. The molecule has 12 aromatic rings. The molecule has 13 rings (SSSR count). The van der Waals surface area contributed by atoms with Gasteiger partial charge in [0.25, 0.3) is 0 Å². The van der Waals surface area contributed by atoms with Crippen molar-refractivity contribution in [3.8, 4) is 44.8 Å². The first kappa shape index (κ1) is 29.1. The topological polar surface area (TPSA) is 23.0 Å². The van der Waals surface area contributed by atoms with Crippen LogP contribution in [0.1, 0.15) is 0 Å². The monoisotopic (exact) mass is 698 g/mol. The van der Waals surface area contributed by atoms with Crippen molar-refractivity contribution in [2.24, 2.45) is 0 Å². The van der Waals surface area contributed by atoms with Gasteiger partial charge in [-0.3, -0.25) is 0 Å². The van der Waals surface area contributed by atoms with E-state index in [-0.39, 0.29) is 0 Å². The standard InChI is InChI=1S/C52H30N2O/c1-2-10-31(11-3-1)32-20-22-34(23-21-32)53-47-30-49-45(38-15-5-7-19-48(38)55-49)29-44(47)42-27-26-41-37-14-4-6-18-46(37)54(51(41)52(42)53)35-24-25-36-39-16-8-12-33-13-9-17-40(50(33)39)43(36)28-35/h1-30H. The summed E-state index contributed by atoms with van der Waals surface area (Å²) in [4.78, 5) is 0. The van der Waals surface area contributed by atoms with Crippen LogP contribution in [0.15, 0.2) is 186 Å². The van der Waals surface area contributed by atoms with E-state index in [1.54, 1.807) is 0 Å². The van der Waals surface area contributed by atoms with E-state index in [0.29, 0.717) is 0 Å². The number of nitrogens with zero attached hydrogens (tertiary/aromatic N) is 2. The summed E-state index contributed by atoms with van der Waals surface area (Å²) in [5, 5.41) is 9.78. The van der Waals surface area contributed by atoms with Gasteiger partial charge in [-0.05, 0) is 86.6 Å². The van der Waals surface area contributed by atoms with Crippen LogP contribution in [0.4, 0.5) is 0 Å². The van der Waals surface area contributed by atoms with Gasteiger partial charge >= 0.3 is 0 Å². The zero-order chi connectivity index (χ0) is 35.8. The van der Waals surface area contributed by atoms with Crippen LogP contribution in [0.2, 0.25) is 0 Å². The summed E-state index contributed by atoms with van der Waals surface area (Å²) >= 11 is 0. The Labute approximate surface area is 315 Å². The SMILES string of the molecule is c1ccc(-c2ccc(-n3c4cc5oc6ccccc6c5cc4c4ccc5c6ccccc6n(-c6ccc7c(c6)-c6cccc8cccc-7c68)c5c43)cc2)cc1. The molecule has 0 aliphatic heterocycles. The van der Waals surface area contributed by atoms with Gasteiger partial charge in [-0.2, -0.15) is 0 Å². The number of aromatic nitrogens is 2. The summed E-state index contributed by atoms with van der Waals surface area (Å²) in [6.45, 7) is 0. The molecule has 1 aliphatic carbocycles. The Morgan fingerprint density at radius 2 is 0.982 bits per heavy atom. The lowest BCUT2D eigenvalue weighted by atomic mass is 10.0. The summed E-state index contributed by atoms with van der Waals surface area (Å²) in [5.41, 5.74) is 16.3. The molecule has 0 amide bonds. The molecule has 0 saturated heterocycles. The Bertz CT molecular complexity index is 3570. The Hall–Kier alpha value is -7.36. The maximum atomic E-state index is 6.53. The maximum absolute atomic E-state index is 6.53. The summed E-state index contributed by atoms with van der Waals surface area (Å²) in [7, 11) is 0. The van der Waals surface area contributed by atoms with Gasteiger partial charge in [0.15, 0.2) is 0 Å². The Balaban J connectivity index is 1.16. The molecule has 3 nitrogen and oxygen atoms in total. The fourth-order valence-electron chi connectivity index (χ4n) is 9.65. The summed E-state index contributed by atoms with van der Waals surface area (Å²) in [6.07, 6.45) is 0. The molecule has 0 atom stereocenters. The van der Waals surface area contributed by atoms with Crippen LogP contribution in [0.5, 0.6) is 0 Å². The molecule has 3 heteroatoms. The van der Waals surface area contributed by atoms with E-state index in [0.717, 1.165) is 38.8 Å². The van der Waals surface area contributed by atoms with Gasteiger partial charge in [0.2, 0.25) is 0 Å². The predicted molar refractivity (Wildman–Crippen MR) is 230 cm³/mol. The number of hydrogen-bond donors (Lipinski definition) is 0. The van der Waals surface area contributed by atoms with E-state index in [4.69, 9.17) is 4.42 Å². The molecule has 0 radical (unpaired) electrons. The highest BCUT2D eigenvalue weighted by Gasteiger charge is 2.25. The Kier molecular flexibility index (Phi) is 5.63. The van der Waals surface area contributed by atoms with Gasteiger partial charge < -0.3 is 13.6 Å². The van der Waals surface area contributed by atoms with E-state index >= 15 is 0 Å². The van der Waals surface area contributed by atoms with Crippen LogP contribution >= 0.6 is 0 Å². The minimum atomic E-state index is 0.891. The molecular weight excluding hydrogens is 669 g/mol. The van der Waals surface area contributed by atoms with Crippen LogP contribution in [0.3, 0.4) is 0 Å². The van der Waals surface area contributed by atoms with Crippen molar-refractivity contribution in [2.75, 3.05) is 0 Å². The number of fused-ring (bicyclic) bond motifs is 13. The second-order valence-electron chi connectivity index (χ2n) is 14.9. The van der Waals surface area contributed by atoms with Gasteiger partial charge in [0.05, 0.1) is 22.1 Å². The molecule has 0 bridgehead atoms. The highest BCUT2D eigenvalue weighted by atomic mass is 16.3. The smallest absolute Gasteiger partial charge is 0.137 e. The molecule has 0 N–H and O–H groups in total. The number of para-hydroxylation sites is 2. The van der Waals surface area contributed by atoms with E-state index in [9.17, 15) is 0 Å². The van der Waals surface area contributed by atoms with Gasteiger partial charge in [-0.1, -0.05) is 133 Å². The zero-order valence-corrected chi connectivity index (χ0v) is 29.6. The van der Waals surface area contributed by atoms with Gasteiger partial charge in [-0.15, -0.1) is 0 Å². The van der Waals surface area contributed by atoms with Crippen LogP contribution in [0, 0.1) is 0 Å². The highest BCUT2D eigenvalue weighted by molar-refractivity contribution is 6.26. The first-order valence-electron chi connectivity index (χ1n) is 18.9. The van der Waals surface area contributed by atoms with Crippen LogP contribution < -0.4 is 0 Å². The molecule has 254 valence electrons. The number of rotatable bonds is 3. The molecule has 55 heavy (non-hydrogen) atoms. The average Bonchev–Trinajstić information content (AvgIpc) is 3.97. The predicted octanol–water partition coefficient (Wildman–Crippen LogP) is 14.2. The second-order valence-corrected chi connectivity index (χ2v) is 14.9. The normalized spacial score (nSPS) is 12.4. The lowest BCUT2D eigenvalue weighted by Crippen LogP contribution is -1.99. The van der Waals surface area contributed by atoms with Crippen molar-refractivity contribution in [2.45, 2.75) is 0 Å². The van der Waals surface area contributed by atoms with Gasteiger partial charge in [-0.25, -0.2) is 0 Å². The van der Waals surface area contributed by atoms with E-state index < -0.39 is 0 Å². The van der Waals surface area contributed by atoms with Gasteiger partial charge in [0, 0.05) is 49.8 Å². The molecule has 0 fully saturated rings. The molecule has 3 heterocycles. The third-order valence-corrected chi connectivity index (χ3v) is 12.0. The highest BCUT2D eigenvalue weighted by Crippen LogP contribution is 2.49. The minimum Gasteiger partial charge on any atom is -0.456 e. The number of furan rings is 1. The quantitative estimate of drug-likeness (QED) is 0.180. The van der Waals surface area contributed by atoms with Gasteiger partial charge in [0.1, 0.15) is 11.2 Å². The molecule has 0 spiro atoms. The van der Waals surface area contributed by atoms with Crippen molar-refractivity contribution in [1.82, 2.24) is 9.13 Å². The lowest BCUT2D eigenvalue weighted by Gasteiger charge is -2.14. The largest absolute Gasteiger partial charge is 0.456 e. The Morgan fingerprint density at radius 1 is 0.327 bits per heavy atom. The lowest BCUT2D eigenvalue weighted by molar-refractivity contribution is 0.669. The molecule has 0 unspecified atom stereocenters. The molecule has 9 aromatic carbocycles. The average molecular weight is 699 g/mol. The molecule has 1 aliphatic rings. The van der Waals surface area contributed by atoms with Crippen LogP contribution in [-0.4, -0.2) is 9.13 Å². The first-order chi connectivity index (χ1) is 27.3. The summed E-state index contributed by atoms with van der Waals surface area (Å²) in [6, 6.07) is 66.6. The second kappa shape index (κ2) is 10.6. The fourth-order valence-corrected chi connectivity index (χ4v) is 9.65. The number of benzene rings is 9. The van der Waals surface area contributed by atoms with Crippen molar-refractivity contribution < 1.29 is 4.42 Å². The van der Waals surface area contributed by atoms with Crippen molar-refractivity contribution in [3.63, 3.8) is 0 Å². The van der Waals surface area contributed by atoms with Crippen molar-refractivity contribution in [3.05, 3.63) is 182 Å². The first-order valence-corrected chi connectivity index (χ1v) is 18.9.